The van der Waals surface area contributed by atoms with Crippen molar-refractivity contribution in [3.8, 4) is 5.88 Å². The van der Waals surface area contributed by atoms with Crippen molar-refractivity contribution in [2.75, 3.05) is 12.4 Å². The quantitative estimate of drug-likeness (QED) is 0.777. The molecule has 23 heavy (non-hydrogen) atoms. The smallest absolute Gasteiger partial charge is 0.253 e. The van der Waals surface area contributed by atoms with Crippen LogP contribution in [0.25, 0.3) is 10.9 Å². The molecular formula is C18H19N3O2. The Morgan fingerprint density at radius 3 is 2.74 bits per heavy atom. The Labute approximate surface area is 134 Å². The zero-order chi connectivity index (χ0) is 16.4. The molecule has 1 aromatic carbocycles. The molecule has 0 aliphatic carbocycles. The molecule has 0 radical (unpaired) electrons. The third kappa shape index (κ3) is 3.18. The second kappa shape index (κ2) is 6.12. The lowest BCUT2D eigenvalue weighted by molar-refractivity contribution is 0.398. The second-order valence-electron chi connectivity index (χ2n) is 5.61. The summed E-state index contributed by atoms with van der Waals surface area (Å²) in [6, 6.07) is 9.71. The van der Waals surface area contributed by atoms with E-state index in [1.54, 1.807) is 19.4 Å². The van der Waals surface area contributed by atoms with E-state index in [-0.39, 0.29) is 5.56 Å². The summed E-state index contributed by atoms with van der Waals surface area (Å²) in [5.41, 5.74) is 4.63. The number of hydrogen-bond donors (Lipinski definition) is 2. The Bertz CT molecular complexity index is 899. The van der Waals surface area contributed by atoms with Gasteiger partial charge in [-0.1, -0.05) is 6.07 Å². The van der Waals surface area contributed by atoms with Crippen LogP contribution in [0.2, 0.25) is 0 Å². The van der Waals surface area contributed by atoms with Crippen LogP contribution in [0.3, 0.4) is 0 Å². The van der Waals surface area contributed by atoms with Crippen LogP contribution in [0, 0.1) is 13.8 Å². The van der Waals surface area contributed by atoms with Crippen molar-refractivity contribution in [1.82, 2.24) is 9.97 Å². The average molecular weight is 309 g/mol. The number of H-pyrrole nitrogens is 1. The van der Waals surface area contributed by atoms with Gasteiger partial charge in [0, 0.05) is 29.1 Å². The molecule has 0 spiro atoms. The number of benzene rings is 1. The first-order chi connectivity index (χ1) is 11.1. The fourth-order valence-electron chi connectivity index (χ4n) is 2.65. The van der Waals surface area contributed by atoms with Crippen LogP contribution < -0.4 is 15.6 Å². The van der Waals surface area contributed by atoms with Crippen molar-refractivity contribution in [2.24, 2.45) is 0 Å². The number of methoxy groups -OCH3 is 1. The van der Waals surface area contributed by atoms with Crippen LogP contribution in [0.15, 0.2) is 41.3 Å². The van der Waals surface area contributed by atoms with Crippen LogP contribution in [-0.4, -0.2) is 17.1 Å². The highest BCUT2D eigenvalue weighted by atomic mass is 16.5. The van der Waals surface area contributed by atoms with Gasteiger partial charge >= 0.3 is 0 Å². The number of ether oxygens (including phenoxy) is 1. The molecule has 0 saturated heterocycles. The van der Waals surface area contributed by atoms with Gasteiger partial charge in [0.05, 0.1) is 19.0 Å². The number of pyridine rings is 2. The number of aromatic amines is 1. The van der Waals surface area contributed by atoms with E-state index in [2.05, 4.69) is 28.3 Å². The van der Waals surface area contributed by atoms with E-state index < -0.39 is 0 Å². The lowest BCUT2D eigenvalue weighted by Gasteiger charge is -2.09. The molecule has 0 aliphatic rings. The number of aryl methyl sites for hydroxylation is 2. The normalized spacial score (nSPS) is 10.7. The van der Waals surface area contributed by atoms with Gasteiger partial charge in [-0.15, -0.1) is 0 Å². The molecule has 0 unspecified atom stereocenters. The standard InChI is InChI=1S/C18H19N3O2/c1-11-6-12(2)15-8-13(18(22)21-16(15)7-11)9-19-14-4-5-17(23-3)20-10-14/h4-8,10,19H,9H2,1-3H3,(H,21,22). The van der Waals surface area contributed by atoms with E-state index in [9.17, 15) is 4.79 Å². The summed E-state index contributed by atoms with van der Waals surface area (Å²) in [6.45, 7) is 4.52. The summed E-state index contributed by atoms with van der Waals surface area (Å²) < 4.78 is 5.03. The molecule has 3 aromatic rings. The summed E-state index contributed by atoms with van der Waals surface area (Å²) in [7, 11) is 1.58. The number of rotatable bonds is 4. The molecule has 0 bridgehead atoms. The lowest BCUT2D eigenvalue weighted by atomic mass is 10.0. The molecule has 0 amide bonds. The average Bonchev–Trinajstić information content (AvgIpc) is 2.53. The molecular weight excluding hydrogens is 290 g/mol. The number of fused-ring (bicyclic) bond motifs is 1. The highest BCUT2D eigenvalue weighted by Crippen LogP contribution is 2.19. The predicted molar refractivity (Wildman–Crippen MR) is 92.2 cm³/mol. The first-order valence-corrected chi connectivity index (χ1v) is 7.44. The topological polar surface area (TPSA) is 67.0 Å². The Morgan fingerprint density at radius 1 is 1.22 bits per heavy atom. The van der Waals surface area contributed by atoms with Crippen molar-refractivity contribution in [2.45, 2.75) is 20.4 Å². The van der Waals surface area contributed by atoms with Crippen molar-refractivity contribution in [3.63, 3.8) is 0 Å². The minimum atomic E-state index is -0.0727. The summed E-state index contributed by atoms with van der Waals surface area (Å²) in [6.07, 6.45) is 1.68. The van der Waals surface area contributed by atoms with Crippen molar-refractivity contribution in [1.29, 1.82) is 0 Å². The monoisotopic (exact) mass is 309 g/mol. The minimum Gasteiger partial charge on any atom is -0.481 e. The molecule has 0 fully saturated rings. The number of hydrogen-bond acceptors (Lipinski definition) is 4. The second-order valence-corrected chi connectivity index (χ2v) is 5.61. The highest BCUT2D eigenvalue weighted by Gasteiger charge is 2.06. The molecule has 3 rings (SSSR count). The maximum absolute atomic E-state index is 12.2. The van der Waals surface area contributed by atoms with Crippen LogP contribution in [0.1, 0.15) is 16.7 Å². The Hall–Kier alpha value is -2.82. The molecule has 0 atom stereocenters. The third-order valence-electron chi connectivity index (χ3n) is 3.82. The van der Waals surface area contributed by atoms with E-state index in [0.29, 0.717) is 18.0 Å². The summed E-state index contributed by atoms with van der Waals surface area (Å²) in [4.78, 5) is 19.3. The van der Waals surface area contributed by atoms with E-state index in [4.69, 9.17) is 4.74 Å². The van der Waals surface area contributed by atoms with Gasteiger partial charge in [-0.25, -0.2) is 4.98 Å². The van der Waals surface area contributed by atoms with E-state index in [0.717, 1.165) is 27.7 Å². The van der Waals surface area contributed by atoms with Crippen molar-refractivity contribution >= 4 is 16.6 Å². The summed E-state index contributed by atoms with van der Waals surface area (Å²) >= 11 is 0. The summed E-state index contributed by atoms with van der Waals surface area (Å²) in [5.74, 6) is 0.560. The van der Waals surface area contributed by atoms with Gasteiger partial charge in [0.15, 0.2) is 0 Å². The van der Waals surface area contributed by atoms with Gasteiger partial charge in [-0.05, 0) is 43.2 Å². The molecule has 118 valence electrons. The largest absolute Gasteiger partial charge is 0.481 e. The lowest BCUT2D eigenvalue weighted by Crippen LogP contribution is -2.16. The molecule has 2 N–H and O–H groups in total. The van der Waals surface area contributed by atoms with Crippen LogP contribution >= 0.6 is 0 Å². The van der Waals surface area contributed by atoms with Gasteiger partial charge in [-0.3, -0.25) is 4.79 Å². The van der Waals surface area contributed by atoms with Crippen LogP contribution in [0.5, 0.6) is 5.88 Å². The maximum Gasteiger partial charge on any atom is 0.253 e. The highest BCUT2D eigenvalue weighted by molar-refractivity contribution is 5.83. The van der Waals surface area contributed by atoms with E-state index >= 15 is 0 Å². The van der Waals surface area contributed by atoms with Gasteiger partial charge in [0.1, 0.15) is 0 Å². The maximum atomic E-state index is 12.2. The first kappa shape index (κ1) is 15.1. The van der Waals surface area contributed by atoms with Gasteiger partial charge in [0.2, 0.25) is 5.88 Å². The van der Waals surface area contributed by atoms with Crippen molar-refractivity contribution in [3.05, 3.63) is 63.6 Å². The molecule has 0 saturated carbocycles. The van der Waals surface area contributed by atoms with Gasteiger partial charge in [0.25, 0.3) is 5.56 Å². The fourth-order valence-corrected chi connectivity index (χ4v) is 2.65. The third-order valence-corrected chi connectivity index (χ3v) is 3.82. The van der Waals surface area contributed by atoms with Crippen LogP contribution in [-0.2, 0) is 6.54 Å². The molecule has 2 aromatic heterocycles. The number of nitrogens with one attached hydrogen (secondary N) is 2. The number of nitrogens with zero attached hydrogens (tertiary/aromatic N) is 1. The fraction of sp³-hybridized carbons (Fsp3) is 0.222. The Kier molecular flexibility index (Phi) is 4.02. The molecule has 0 aliphatic heterocycles. The molecule has 5 heteroatoms. The summed E-state index contributed by atoms with van der Waals surface area (Å²) in [5, 5.41) is 4.28. The zero-order valence-electron chi connectivity index (χ0n) is 13.4. The predicted octanol–water partition coefficient (Wildman–Crippen LogP) is 3.16. The Morgan fingerprint density at radius 2 is 2.04 bits per heavy atom. The SMILES string of the molecule is COc1ccc(NCc2cc3c(C)cc(C)cc3[nH]c2=O)cn1. The van der Waals surface area contributed by atoms with Crippen LogP contribution in [0.4, 0.5) is 5.69 Å². The number of aromatic nitrogens is 2. The molecule has 2 heterocycles. The van der Waals surface area contributed by atoms with Crippen molar-refractivity contribution < 1.29 is 4.74 Å². The van der Waals surface area contributed by atoms with E-state index in [1.807, 2.05) is 25.1 Å². The van der Waals surface area contributed by atoms with E-state index in [1.165, 1.54) is 0 Å². The van der Waals surface area contributed by atoms with Gasteiger partial charge < -0.3 is 15.0 Å². The van der Waals surface area contributed by atoms with Gasteiger partial charge in [-0.2, -0.15) is 0 Å². The number of anilines is 1. The minimum absolute atomic E-state index is 0.0727. The Balaban J connectivity index is 1.87. The first-order valence-electron chi connectivity index (χ1n) is 7.44. The molecule has 5 nitrogen and oxygen atoms in total. The zero-order valence-corrected chi connectivity index (χ0v) is 13.4.